The third-order valence-corrected chi connectivity index (χ3v) is 5.49. The minimum absolute atomic E-state index is 0.130. The topological polar surface area (TPSA) is 36.4 Å². The lowest BCUT2D eigenvalue weighted by molar-refractivity contribution is -0.133. The molecule has 0 bridgehead atoms. The Morgan fingerprint density at radius 1 is 1.52 bits per heavy atom. The van der Waals surface area contributed by atoms with E-state index in [0.29, 0.717) is 12.3 Å². The van der Waals surface area contributed by atoms with Gasteiger partial charge in [0.2, 0.25) is 5.91 Å². The van der Waals surface area contributed by atoms with Crippen LogP contribution in [0.4, 0.5) is 0 Å². The molecule has 1 amide bonds. The van der Waals surface area contributed by atoms with Gasteiger partial charge in [-0.1, -0.05) is 6.92 Å². The Hall–Kier alpha value is -0.940. The van der Waals surface area contributed by atoms with Crippen molar-refractivity contribution in [3.05, 3.63) is 16.6 Å². The number of thiazole rings is 1. The summed E-state index contributed by atoms with van der Waals surface area (Å²) < 4.78 is 0. The first kappa shape index (κ1) is 16.4. The molecule has 1 fully saturated rings. The monoisotopic (exact) mass is 309 g/mol. The zero-order valence-corrected chi connectivity index (χ0v) is 14.2. The summed E-state index contributed by atoms with van der Waals surface area (Å²) in [5, 5.41) is 0. The smallest absolute Gasteiger partial charge is 0.223 e. The quantitative estimate of drug-likeness (QED) is 0.810. The fourth-order valence-corrected chi connectivity index (χ4v) is 3.68. The van der Waals surface area contributed by atoms with Crippen LogP contribution in [0.2, 0.25) is 0 Å². The lowest BCUT2D eigenvalue weighted by Gasteiger charge is -2.33. The molecule has 0 saturated carbocycles. The van der Waals surface area contributed by atoms with Crippen molar-refractivity contribution in [3.63, 3.8) is 0 Å². The highest BCUT2D eigenvalue weighted by Gasteiger charge is 2.24. The van der Waals surface area contributed by atoms with Crippen LogP contribution < -0.4 is 0 Å². The number of hydrogen-bond donors (Lipinski definition) is 0. The van der Waals surface area contributed by atoms with Gasteiger partial charge < -0.3 is 9.80 Å². The molecule has 0 N–H and O–H groups in total. The molecule has 0 spiro atoms. The molecule has 1 atom stereocenters. The Morgan fingerprint density at radius 2 is 2.24 bits per heavy atom. The number of likely N-dealkylation sites (tertiary alicyclic amines) is 1. The van der Waals surface area contributed by atoms with Crippen molar-refractivity contribution in [1.29, 1.82) is 0 Å². The third kappa shape index (κ3) is 4.51. The van der Waals surface area contributed by atoms with E-state index >= 15 is 0 Å². The maximum absolute atomic E-state index is 12.5. The number of aromatic nitrogens is 1. The molecule has 4 nitrogen and oxygen atoms in total. The fourth-order valence-electron chi connectivity index (χ4n) is 2.96. The van der Waals surface area contributed by atoms with Crippen molar-refractivity contribution in [2.75, 3.05) is 26.7 Å². The third-order valence-electron chi connectivity index (χ3n) is 4.55. The highest BCUT2D eigenvalue weighted by atomic mass is 32.1. The van der Waals surface area contributed by atoms with Crippen LogP contribution in [0.1, 0.15) is 50.4 Å². The molecule has 1 aliphatic heterocycles. The molecule has 21 heavy (non-hydrogen) atoms. The van der Waals surface area contributed by atoms with E-state index in [1.165, 1.54) is 13.0 Å². The van der Waals surface area contributed by atoms with E-state index in [4.69, 9.17) is 0 Å². The van der Waals surface area contributed by atoms with Crippen LogP contribution in [0, 0.1) is 5.92 Å². The van der Waals surface area contributed by atoms with Crippen molar-refractivity contribution in [1.82, 2.24) is 14.8 Å². The molecule has 5 heteroatoms. The first-order valence-electron chi connectivity index (χ1n) is 7.98. The molecule has 118 valence electrons. The first-order chi connectivity index (χ1) is 10.1. The number of nitrogens with zero attached hydrogens (tertiary/aromatic N) is 3. The van der Waals surface area contributed by atoms with Crippen molar-refractivity contribution in [3.8, 4) is 0 Å². The number of carbonyl (C=O) groups is 1. The summed E-state index contributed by atoms with van der Waals surface area (Å²) in [5.74, 6) is 0.826. The van der Waals surface area contributed by atoms with Gasteiger partial charge in [-0.05, 0) is 51.7 Å². The molecule has 2 heterocycles. The Bertz CT molecular complexity index is 427. The molecule has 0 radical (unpaired) electrons. The zero-order valence-electron chi connectivity index (χ0n) is 13.4. The summed E-state index contributed by atoms with van der Waals surface area (Å²) in [6.45, 7) is 7.81. The van der Waals surface area contributed by atoms with Crippen LogP contribution in [0.15, 0.2) is 11.7 Å². The van der Waals surface area contributed by atoms with E-state index in [1.807, 2.05) is 23.7 Å². The molecule has 1 aromatic rings. The molecule has 1 saturated heterocycles. The lowest BCUT2D eigenvalue weighted by atomic mass is 9.92. The van der Waals surface area contributed by atoms with Gasteiger partial charge in [0.15, 0.2) is 0 Å². The van der Waals surface area contributed by atoms with Crippen molar-refractivity contribution in [2.24, 2.45) is 5.92 Å². The van der Waals surface area contributed by atoms with Crippen LogP contribution in [-0.2, 0) is 4.79 Å². The van der Waals surface area contributed by atoms with Crippen LogP contribution >= 0.6 is 11.3 Å². The number of hydrogen-bond acceptors (Lipinski definition) is 4. The van der Waals surface area contributed by atoms with Crippen molar-refractivity contribution >= 4 is 17.2 Å². The number of amides is 1. The van der Waals surface area contributed by atoms with Crippen LogP contribution in [0.25, 0.3) is 0 Å². The summed E-state index contributed by atoms with van der Waals surface area (Å²) in [5.41, 5.74) is 1.83. The predicted octanol–water partition coefficient (Wildman–Crippen LogP) is 3.17. The molecule has 2 rings (SSSR count). The molecule has 0 aromatic carbocycles. The zero-order chi connectivity index (χ0) is 15.2. The SMILES string of the molecule is CCCN1CCC(CC(=O)N(C)C(C)c2cncs2)CC1. The van der Waals surface area contributed by atoms with Gasteiger partial charge in [0.05, 0.1) is 11.6 Å². The highest BCUT2D eigenvalue weighted by Crippen LogP contribution is 2.26. The van der Waals surface area contributed by atoms with Crippen LogP contribution in [0.5, 0.6) is 0 Å². The molecule has 0 aliphatic carbocycles. The summed E-state index contributed by atoms with van der Waals surface area (Å²) >= 11 is 1.62. The number of piperidine rings is 1. The van der Waals surface area contributed by atoms with Gasteiger partial charge in [-0.25, -0.2) is 0 Å². The van der Waals surface area contributed by atoms with E-state index < -0.39 is 0 Å². The maximum Gasteiger partial charge on any atom is 0.223 e. The van der Waals surface area contributed by atoms with Gasteiger partial charge in [0.1, 0.15) is 0 Å². The Kier molecular flexibility index (Phi) is 6.18. The summed E-state index contributed by atoms with van der Waals surface area (Å²) in [4.78, 5) is 22.1. The average molecular weight is 309 g/mol. The fraction of sp³-hybridized carbons (Fsp3) is 0.750. The molecule has 1 unspecified atom stereocenters. The maximum atomic E-state index is 12.5. The van der Waals surface area contributed by atoms with Gasteiger partial charge in [-0.15, -0.1) is 11.3 Å². The van der Waals surface area contributed by atoms with E-state index in [-0.39, 0.29) is 11.9 Å². The highest BCUT2D eigenvalue weighted by molar-refractivity contribution is 7.09. The first-order valence-corrected chi connectivity index (χ1v) is 8.86. The van der Waals surface area contributed by atoms with E-state index in [9.17, 15) is 4.79 Å². The minimum atomic E-state index is 0.130. The second-order valence-electron chi connectivity index (χ2n) is 6.07. The molecular formula is C16H27N3OS. The Labute approximate surface area is 132 Å². The standard InChI is InChI=1S/C16H27N3OS/c1-4-7-19-8-5-14(6-9-19)10-16(20)18(3)13(2)15-11-17-12-21-15/h11-14H,4-10H2,1-3H3. The second kappa shape index (κ2) is 7.90. The van der Waals surface area contributed by atoms with Gasteiger partial charge >= 0.3 is 0 Å². The lowest BCUT2D eigenvalue weighted by Crippen LogP contribution is -2.37. The van der Waals surface area contributed by atoms with Crippen LogP contribution in [-0.4, -0.2) is 47.4 Å². The minimum Gasteiger partial charge on any atom is -0.338 e. The number of carbonyl (C=O) groups excluding carboxylic acids is 1. The van der Waals surface area contributed by atoms with E-state index in [1.54, 1.807) is 11.3 Å². The Balaban J connectivity index is 1.79. The van der Waals surface area contributed by atoms with Gasteiger partial charge in [-0.2, -0.15) is 0 Å². The molecular weight excluding hydrogens is 282 g/mol. The van der Waals surface area contributed by atoms with Gasteiger partial charge in [0.25, 0.3) is 0 Å². The largest absolute Gasteiger partial charge is 0.338 e. The predicted molar refractivity (Wildman–Crippen MR) is 87.4 cm³/mol. The summed E-state index contributed by atoms with van der Waals surface area (Å²) in [6.07, 6.45) is 6.10. The average Bonchev–Trinajstić information content (AvgIpc) is 3.02. The normalized spacial score (nSPS) is 18.6. The van der Waals surface area contributed by atoms with Crippen molar-refractivity contribution in [2.45, 2.75) is 45.6 Å². The molecule has 1 aromatic heterocycles. The summed E-state index contributed by atoms with van der Waals surface area (Å²) in [7, 11) is 1.92. The molecule has 1 aliphatic rings. The van der Waals surface area contributed by atoms with Crippen LogP contribution in [0.3, 0.4) is 0 Å². The Morgan fingerprint density at radius 3 is 2.81 bits per heavy atom. The van der Waals surface area contributed by atoms with Crippen molar-refractivity contribution < 1.29 is 4.79 Å². The van der Waals surface area contributed by atoms with Gasteiger partial charge in [-0.3, -0.25) is 9.78 Å². The van der Waals surface area contributed by atoms with E-state index in [0.717, 1.165) is 30.8 Å². The number of rotatable bonds is 6. The second-order valence-corrected chi connectivity index (χ2v) is 6.99. The van der Waals surface area contributed by atoms with E-state index in [2.05, 4.69) is 23.7 Å². The van der Waals surface area contributed by atoms with Gasteiger partial charge in [0, 0.05) is 24.5 Å². The summed E-state index contributed by atoms with van der Waals surface area (Å²) in [6, 6.07) is 0.130.